The molecule has 0 aromatic heterocycles. The van der Waals surface area contributed by atoms with Gasteiger partial charge < -0.3 is 20.3 Å². The highest BCUT2D eigenvalue weighted by atomic mass is 16.5. The lowest BCUT2D eigenvalue weighted by Crippen LogP contribution is -2.43. The molecule has 6 heteroatoms. The first-order valence-corrected chi connectivity index (χ1v) is 5.32. The standard InChI is InChI=1S/C12H15NO5/c1-18-7-11(15)13-10(12(16)17)6-8-2-4-9(14)5-3-8/h2-5,10,14H,6-7H2,1H3,(H,13,15)(H,16,17)/t10-/m0/s1. The van der Waals surface area contributed by atoms with Crippen LogP contribution in [0, 0.1) is 0 Å². The third kappa shape index (κ3) is 4.42. The van der Waals surface area contributed by atoms with Crippen LogP contribution in [0.3, 0.4) is 0 Å². The van der Waals surface area contributed by atoms with Crippen molar-refractivity contribution >= 4 is 11.9 Å². The second kappa shape index (κ2) is 6.61. The number of phenolic OH excluding ortho intramolecular Hbond substituents is 1. The van der Waals surface area contributed by atoms with Gasteiger partial charge in [-0.25, -0.2) is 4.79 Å². The summed E-state index contributed by atoms with van der Waals surface area (Å²) < 4.78 is 4.61. The van der Waals surface area contributed by atoms with Gasteiger partial charge in [-0.2, -0.15) is 0 Å². The van der Waals surface area contributed by atoms with Crippen molar-refractivity contribution < 1.29 is 24.5 Å². The highest BCUT2D eigenvalue weighted by Gasteiger charge is 2.20. The van der Waals surface area contributed by atoms with Gasteiger partial charge in [-0.3, -0.25) is 4.79 Å². The van der Waals surface area contributed by atoms with Crippen LogP contribution < -0.4 is 5.32 Å². The molecular weight excluding hydrogens is 238 g/mol. The Morgan fingerprint density at radius 2 is 1.94 bits per heavy atom. The summed E-state index contributed by atoms with van der Waals surface area (Å²) in [6, 6.07) is 5.12. The summed E-state index contributed by atoms with van der Waals surface area (Å²) in [5.74, 6) is -1.50. The number of carboxylic acid groups (broad SMARTS) is 1. The number of hydrogen-bond acceptors (Lipinski definition) is 4. The Hall–Kier alpha value is -2.08. The predicted octanol–water partition coefficient (Wildman–Crippen LogP) is 0.150. The highest BCUT2D eigenvalue weighted by Crippen LogP contribution is 2.11. The minimum absolute atomic E-state index is 0.106. The fraction of sp³-hybridized carbons (Fsp3) is 0.333. The lowest BCUT2D eigenvalue weighted by Gasteiger charge is -2.14. The first-order valence-electron chi connectivity index (χ1n) is 5.32. The van der Waals surface area contributed by atoms with E-state index in [9.17, 15) is 9.59 Å². The van der Waals surface area contributed by atoms with Gasteiger partial charge in [0.05, 0.1) is 0 Å². The van der Waals surface area contributed by atoms with Gasteiger partial charge in [0, 0.05) is 13.5 Å². The van der Waals surface area contributed by atoms with Gasteiger partial charge in [0.2, 0.25) is 5.91 Å². The maximum Gasteiger partial charge on any atom is 0.326 e. The van der Waals surface area contributed by atoms with Crippen LogP contribution in [-0.4, -0.2) is 41.8 Å². The molecule has 0 saturated carbocycles. The first kappa shape index (κ1) is 14.0. The fourth-order valence-electron chi connectivity index (χ4n) is 1.43. The molecule has 18 heavy (non-hydrogen) atoms. The molecule has 0 bridgehead atoms. The molecule has 0 heterocycles. The topological polar surface area (TPSA) is 95.9 Å². The number of benzene rings is 1. The molecule has 1 amide bonds. The van der Waals surface area contributed by atoms with Crippen LogP contribution >= 0.6 is 0 Å². The van der Waals surface area contributed by atoms with Crippen LogP contribution in [0.1, 0.15) is 5.56 Å². The number of nitrogens with one attached hydrogen (secondary N) is 1. The van der Waals surface area contributed by atoms with E-state index >= 15 is 0 Å². The number of carbonyl (C=O) groups is 2. The molecule has 1 aromatic carbocycles. The number of amides is 1. The van der Waals surface area contributed by atoms with Crippen LogP contribution in [0.15, 0.2) is 24.3 Å². The zero-order chi connectivity index (χ0) is 13.5. The summed E-state index contributed by atoms with van der Waals surface area (Å²) in [5, 5.41) is 20.5. The molecule has 0 aliphatic rings. The Balaban J connectivity index is 2.65. The summed E-state index contributed by atoms with van der Waals surface area (Å²) in [4.78, 5) is 22.3. The van der Waals surface area contributed by atoms with E-state index in [4.69, 9.17) is 10.2 Å². The second-order valence-corrected chi connectivity index (χ2v) is 3.76. The third-order valence-electron chi connectivity index (χ3n) is 2.28. The van der Waals surface area contributed by atoms with Crippen molar-refractivity contribution in [1.29, 1.82) is 0 Å². The van der Waals surface area contributed by atoms with Crippen molar-refractivity contribution in [2.75, 3.05) is 13.7 Å². The Labute approximate surface area is 104 Å². The van der Waals surface area contributed by atoms with E-state index in [0.717, 1.165) is 0 Å². The molecule has 0 radical (unpaired) electrons. The molecule has 1 aromatic rings. The Morgan fingerprint density at radius 3 is 2.44 bits per heavy atom. The molecule has 1 atom stereocenters. The average Bonchev–Trinajstić information content (AvgIpc) is 2.31. The smallest absolute Gasteiger partial charge is 0.326 e. The number of methoxy groups -OCH3 is 1. The normalized spacial score (nSPS) is 11.8. The minimum Gasteiger partial charge on any atom is -0.508 e. The molecule has 0 spiro atoms. The zero-order valence-electron chi connectivity index (χ0n) is 9.92. The van der Waals surface area contributed by atoms with Crippen LogP contribution in [0.2, 0.25) is 0 Å². The number of aromatic hydroxyl groups is 1. The zero-order valence-corrected chi connectivity index (χ0v) is 9.92. The molecule has 6 nitrogen and oxygen atoms in total. The summed E-state index contributed by atoms with van der Waals surface area (Å²) in [6.45, 7) is -0.181. The molecule has 0 unspecified atom stereocenters. The van der Waals surface area contributed by atoms with Crippen LogP contribution in [0.5, 0.6) is 5.75 Å². The second-order valence-electron chi connectivity index (χ2n) is 3.76. The maximum atomic E-state index is 11.3. The third-order valence-corrected chi connectivity index (χ3v) is 2.28. The molecular formula is C12H15NO5. The molecule has 0 aliphatic heterocycles. The largest absolute Gasteiger partial charge is 0.508 e. The number of phenols is 1. The number of carboxylic acids is 1. The quantitative estimate of drug-likeness (QED) is 0.670. The van der Waals surface area contributed by atoms with Crippen LogP contribution in [0.4, 0.5) is 0 Å². The van der Waals surface area contributed by atoms with Crippen molar-refractivity contribution in [3.8, 4) is 5.75 Å². The number of hydrogen-bond donors (Lipinski definition) is 3. The molecule has 3 N–H and O–H groups in total. The highest BCUT2D eigenvalue weighted by molar-refractivity contribution is 5.84. The van der Waals surface area contributed by atoms with E-state index in [0.29, 0.717) is 5.56 Å². The monoisotopic (exact) mass is 253 g/mol. The summed E-state index contributed by atoms with van der Waals surface area (Å²) in [5.41, 5.74) is 0.706. The van der Waals surface area contributed by atoms with Gasteiger partial charge in [0.1, 0.15) is 18.4 Å². The van der Waals surface area contributed by atoms with Crippen LogP contribution in [-0.2, 0) is 20.7 Å². The molecule has 98 valence electrons. The van der Waals surface area contributed by atoms with Gasteiger partial charge in [-0.05, 0) is 17.7 Å². The van der Waals surface area contributed by atoms with Crippen molar-refractivity contribution in [2.45, 2.75) is 12.5 Å². The summed E-state index contributed by atoms with van der Waals surface area (Å²) >= 11 is 0. The van der Waals surface area contributed by atoms with Gasteiger partial charge >= 0.3 is 5.97 Å². The number of carbonyl (C=O) groups excluding carboxylic acids is 1. The van der Waals surface area contributed by atoms with E-state index in [-0.39, 0.29) is 18.8 Å². The molecule has 1 rings (SSSR count). The average molecular weight is 253 g/mol. The Bertz CT molecular complexity index is 415. The molecule has 0 aliphatic carbocycles. The maximum absolute atomic E-state index is 11.3. The fourth-order valence-corrected chi connectivity index (χ4v) is 1.43. The number of rotatable bonds is 6. The van der Waals surface area contributed by atoms with Gasteiger partial charge in [-0.15, -0.1) is 0 Å². The predicted molar refractivity (Wildman–Crippen MR) is 63.3 cm³/mol. The van der Waals surface area contributed by atoms with Gasteiger partial charge in [0.25, 0.3) is 0 Å². The lowest BCUT2D eigenvalue weighted by molar-refractivity contribution is -0.142. The van der Waals surface area contributed by atoms with Crippen LogP contribution in [0.25, 0.3) is 0 Å². The Morgan fingerprint density at radius 1 is 1.33 bits per heavy atom. The van der Waals surface area contributed by atoms with Crippen molar-refractivity contribution in [1.82, 2.24) is 5.32 Å². The lowest BCUT2D eigenvalue weighted by atomic mass is 10.1. The van der Waals surface area contributed by atoms with E-state index in [2.05, 4.69) is 10.1 Å². The van der Waals surface area contributed by atoms with E-state index in [1.54, 1.807) is 12.1 Å². The Kier molecular flexibility index (Phi) is 5.13. The van der Waals surface area contributed by atoms with E-state index in [1.165, 1.54) is 19.2 Å². The van der Waals surface area contributed by atoms with E-state index in [1.807, 2.05) is 0 Å². The van der Waals surface area contributed by atoms with Gasteiger partial charge in [0.15, 0.2) is 0 Å². The SMILES string of the molecule is COCC(=O)N[C@@H](Cc1ccc(O)cc1)C(=O)O. The number of ether oxygens (including phenoxy) is 1. The van der Waals surface area contributed by atoms with Crippen molar-refractivity contribution in [3.63, 3.8) is 0 Å². The molecule has 0 saturated heterocycles. The minimum atomic E-state index is -1.12. The summed E-state index contributed by atoms with van der Waals surface area (Å²) in [6.07, 6.45) is 0.144. The van der Waals surface area contributed by atoms with Gasteiger partial charge in [-0.1, -0.05) is 12.1 Å². The first-order chi connectivity index (χ1) is 8.52. The summed E-state index contributed by atoms with van der Waals surface area (Å²) in [7, 11) is 1.36. The molecule has 0 fully saturated rings. The number of aliphatic carboxylic acids is 1. The van der Waals surface area contributed by atoms with Crippen molar-refractivity contribution in [3.05, 3.63) is 29.8 Å². The van der Waals surface area contributed by atoms with E-state index < -0.39 is 17.9 Å². The van der Waals surface area contributed by atoms with Crippen molar-refractivity contribution in [2.24, 2.45) is 0 Å².